The maximum atomic E-state index is 6.39. The van der Waals surface area contributed by atoms with E-state index in [1.807, 2.05) is 6.07 Å². The quantitative estimate of drug-likeness (QED) is 0.893. The predicted molar refractivity (Wildman–Crippen MR) is 72.0 cm³/mol. The highest BCUT2D eigenvalue weighted by molar-refractivity contribution is 6.33. The first-order valence-corrected chi connectivity index (χ1v) is 6.63. The van der Waals surface area contributed by atoms with Gasteiger partial charge >= 0.3 is 0 Å². The van der Waals surface area contributed by atoms with Gasteiger partial charge in [-0.25, -0.2) is 0 Å². The second kappa shape index (κ2) is 5.74. The molecule has 1 heterocycles. The number of aryl methyl sites for hydroxylation is 1. The average molecular weight is 254 g/mol. The summed E-state index contributed by atoms with van der Waals surface area (Å²) in [6.07, 6.45) is 3.56. The zero-order valence-corrected chi connectivity index (χ0v) is 11.3. The lowest BCUT2D eigenvalue weighted by Crippen LogP contribution is -2.28. The summed E-state index contributed by atoms with van der Waals surface area (Å²) < 4.78 is 5.29. The monoisotopic (exact) mass is 253 g/mol. The van der Waals surface area contributed by atoms with Crippen molar-refractivity contribution in [2.45, 2.75) is 26.2 Å². The second-order valence-electron chi connectivity index (χ2n) is 4.77. The van der Waals surface area contributed by atoms with Crippen molar-refractivity contribution in [3.05, 3.63) is 28.3 Å². The van der Waals surface area contributed by atoms with Gasteiger partial charge in [0.2, 0.25) is 0 Å². The summed E-state index contributed by atoms with van der Waals surface area (Å²) in [6, 6.07) is 4.05. The van der Waals surface area contributed by atoms with Gasteiger partial charge in [-0.15, -0.1) is 0 Å². The van der Waals surface area contributed by atoms with E-state index in [1.165, 1.54) is 24.0 Å². The van der Waals surface area contributed by atoms with E-state index >= 15 is 0 Å². The Balaban J connectivity index is 2.18. The fourth-order valence-electron chi connectivity index (χ4n) is 2.48. The van der Waals surface area contributed by atoms with Crippen LogP contribution in [0, 0.1) is 12.8 Å². The Morgan fingerprint density at radius 1 is 1.35 bits per heavy atom. The molecule has 2 rings (SSSR count). The van der Waals surface area contributed by atoms with Crippen molar-refractivity contribution in [1.82, 2.24) is 5.32 Å². The molecule has 1 aromatic carbocycles. The van der Waals surface area contributed by atoms with Gasteiger partial charge < -0.3 is 10.1 Å². The standard InChI is InChI=1S/C14H20ClNO/c1-10-3-4-13(17-2)14(15)12(10)9-11-5-7-16-8-6-11/h3-4,11,16H,5-9H2,1-2H3. The largest absolute Gasteiger partial charge is 0.495 e. The lowest BCUT2D eigenvalue weighted by molar-refractivity contribution is 0.371. The summed E-state index contributed by atoms with van der Waals surface area (Å²) in [5.74, 6) is 1.54. The molecule has 0 saturated carbocycles. The van der Waals surface area contributed by atoms with E-state index in [4.69, 9.17) is 16.3 Å². The zero-order chi connectivity index (χ0) is 12.3. The third-order valence-electron chi connectivity index (χ3n) is 3.61. The van der Waals surface area contributed by atoms with Crippen LogP contribution < -0.4 is 10.1 Å². The first kappa shape index (κ1) is 12.7. The van der Waals surface area contributed by atoms with Crippen molar-refractivity contribution >= 4 is 11.6 Å². The number of halogens is 1. The summed E-state index contributed by atoms with van der Waals surface area (Å²) in [6.45, 7) is 4.39. The number of rotatable bonds is 3. The molecular formula is C14H20ClNO. The molecule has 1 fully saturated rings. The van der Waals surface area contributed by atoms with Crippen LogP contribution in [-0.4, -0.2) is 20.2 Å². The molecule has 0 bridgehead atoms. The molecule has 0 aromatic heterocycles. The molecule has 94 valence electrons. The van der Waals surface area contributed by atoms with E-state index in [0.717, 1.165) is 36.2 Å². The van der Waals surface area contributed by atoms with E-state index in [0.29, 0.717) is 0 Å². The van der Waals surface area contributed by atoms with Crippen molar-refractivity contribution in [2.24, 2.45) is 5.92 Å². The second-order valence-corrected chi connectivity index (χ2v) is 5.15. The van der Waals surface area contributed by atoms with E-state index in [2.05, 4.69) is 18.3 Å². The Bertz CT molecular complexity index is 386. The molecular weight excluding hydrogens is 234 g/mol. The highest BCUT2D eigenvalue weighted by Crippen LogP contribution is 2.33. The molecule has 0 unspecified atom stereocenters. The summed E-state index contributed by atoms with van der Waals surface area (Å²) in [4.78, 5) is 0. The maximum absolute atomic E-state index is 6.39. The van der Waals surface area contributed by atoms with Crippen LogP contribution in [0.4, 0.5) is 0 Å². The molecule has 1 aromatic rings. The number of nitrogens with one attached hydrogen (secondary N) is 1. The summed E-state index contributed by atoms with van der Waals surface area (Å²) in [5.41, 5.74) is 2.53. The third-order valence-corrected chi connectivity index (χ3v) is 4.03. The molecule has 17 heavy (non-hydrogen) atoms. The van der Waals surface area contributed by atoms with Crippen LogP contribution in [0.25, 0.3) is 0 Å². The first-order chi connectivity index (χ1) is 8.22. The fraction of sp³-hybridized carbons (Fsp3) is 0.571. The summed E-state index contributed by atoms with van der Waals surface area (Å²) in [7, 11) is 1.67. The van der Waals surface area contributed by atoms with Crippen LogP contribution >= 0.6 is 11.6 Å². The normalized spacial score (nSPS) is 17.1. The van der Waals surface area contributed by atoms with Crippen molar-refractivity contribution in [3.8, 4) is 5.75 Å². The van der Waals surface area contributed by atoms with E-state index < -0.39 is 0 Å². The minimum absolute atomic E-state index is 0.750. The molecule has 3 heteroatoms. The molecule has 1 aliphatic heterocycles. The van der Waals surface area contributed by atoms with Crippen LogP contribution in [0.3, 0.4) is 0 Å². The van der Waals surface area contributed by atoms with E-state index in [1.54, 1.807) is 7.11 Å². The van der Waals surface area contributed by atoms with Gasteiger partial charge in [-0.3, -0.25) is 0 Å². The van der Waals surface area contributed by atoms with Crippen molar-refractivity contribution in [2.75, 3.05) is 20.2 Å². The first-order valence-electron chi connectivity index (χ1n) is 6.25. The maximum Gasteiger partial charge on any atom is 0.137 e. The van der Waals surface area contributed by atoms with Gasteiger partial charge in [-0.1, -0.05) is 17.7 Å². The van der Waals surface area contributed by atoms with Gasteiger partial charge in [0.15, 0.2) is 0 Å². The van der Waals surface area contributed by atoms with Crippen LogP contribution in [0.15, 0.2) is 12.1 Å². The third kappa shape index (κ3) is 2.93. The Morgan fingerprint density at radius 3 is 2.71 bits per heavy atom. The number of piperidine rings is 1. The van der Waals surface area contributed by atoms with Crippen LogP contribution in [-0.2, 0) is 6.42 Å². The summed E-state index contributed by atoms with van der Waals surface area (Å²) >= 11 is 6.39. The molecule has 1 aliphatic rings. The molecule has 0 amide bonds. The number of benzene rings is 1. The Morgan fingerprint density at radius 2 is 2.06 bits per heavy atom. The fourth-order valence-corrected chi connectivity index (χ4v) is 2.85. The van der Waals surface area contributed by atoms with Crippen molar-refractivity contribution in [1.29, 1.82) is 0 Å². The van der Waals surface area contributed by atoms with E-state index in [9.17, 15) is 0 Å². The lowest BCUT2D eigenvalue weighted by atomic mass is 9.89. The Hall–Kier alpha value is -0.730. The minimum atomic E-state index is 0.750. The van der Waals surface area contributed by atoms with Crippen LogP contribution in [0.1, 0.15) is 24.0 Å². The van der Waals surface area contributed by atoms with Crippen LogP contribution in [0.2, 0.25) is 5.02 Å². The molecule has 0 radical (unpaired) electrons. The van der Waals surface area contributed by atoms with Gasteiger partial charge in [-0.2, -0.15) is 0 Å². The Kier molecular flexibility index (Phi) is 4.30. The van der Waals surface area contributed by atoms with Gasteiger partial charge in [0.1, 0.15) is 5.75 Å². The van der Waals surface area contributed by atoms with Gasteiger partial charge in [0, 0.05) is 0 Å². The molecule has 0 aliphatic carbocycles. The smallest absolute Gasteiger partial charge is 0.137 e. The highest BCUT2D eigenvalue weighted by atomic mass is 35.5. The molecule has 0 atom stereocenters. The van der Waals surface area contributed by atoms with Crippen molar-refractivity contribution in [3.63, 3.8) is 0 Å². The number of methoxy groups -OCH3 is 1. The van der Waals surface area contributed by atoms with Crippen molar-refractivity contribution < 1.29 is 4.74 Å². The van der Waals surface area contributed by atoms with Gasteiger partial charge in [0.05, 0.1) is 12.1 Å². The Labute approximate surface area is 108 Å². The van der Waals surface area contributed by atoms with Gasteiger partial charge in [0.25, 0.3) is 0 Å². The topological polar surface area (TPSA) is 21.3 Å². The molecule has 1 saturated heterocycles. The molecule has 1 N–H and O–H groups in total. The zero-order valence-electron chi connectivity index (χ0n) is 10.6. The molecule has 2 nitrogen and oxygen atoms in total. The van der Waals surface area contributed by atoms with E-state index in [-0.39, 0.29) is 0 Å². The molecule has 0 spiro atoms. The average Bonchev–Trinajstić information content (AvgIpc) is 2.36. The number of ether oxygens (including phenoxy) is 1. The SMILES string of the molecule is COc1ccc(C)c(CC2CCNCC2)c1Cl. The van der Waals surface area contributed by atoms with Gasteiger partial charge in [-0.05, 0) is 62.4 Å². The number of hydrogen-bond acceptors (Lipinski definition) is 2. The lowest BCUT2D eigenvalue weighted by Gasteiger charge is -2.24. The minimum Gasteiger partial charge on any atom is -0.495 e. The highest BCUT2D eigenvalue weighted by Gasteiger charge is 2.17. The summed E-state index contributed by atoms with van der Waals surface area (Å²) in [5, 5.41) is 4.19. The predicted octanol–water partition coefficient (Wildman–Crippen LogP) is 3.20. The number of hydrogen-bond donors (Lipinski definition) is 1. The van der Waals surface area contributed by atoms with Crippen LogP contribution in [0.5, 0.6) is 5.75 Å².